The number of carbonyl (C=O) groups is 2. The van der Waals surface area contributed by atoms with E-state index in [1.54, 1.807) is 0 Å². The lowest BCUT2D eigenvalue weighted by Crippen LogP contribution is -2.31. The van der Waals surface area contributed by atoms with Gasteiger partial charge in [-0.05, 0) is 57.2 Å². The Bertz CT molecular complexity index is 832. The van der Waals surface area contributed by atoms with Crippen LogP contribution in [0.2, 0.25) is 0 Å². The third-order valence-electron chi connectivity index (χ3n) is 5.22. The minimum Gasteiger partial charge on any atom is -0.452 e. The molecule has 3 rings (SSSR count). The Labute approximate surface area is 160 Å². The maximum Gasteiger partial charge on any atom is 0.340 e. The first-order valence-corrected chi connectivity index (χ1v) is 9.64. The van der Waals surface area contributed by atoms with Crippen LogP contribution in [0.5, 0.6) is 0 Å². The van der Waals surface area contributed by atoms with Crippen molar-refractivity contribution in [3.05, 3.63) is 58.4 Å². The maximum atomic E-state index is 12.4. The van der Waals surface area contributed by atoms with Crippen molar-refractivity contribution in [2.75, 3.05) is 6.61 Å². The van der Waals surface area contributed by atoms with Crippen molar-refractivity contribution >= 4 is 11.9 Å². The summed E-state index contributed by atoms with van der Waals surface area (Å²) in [4.78, 5) is 24.6. The molecule has 0 spiro atoms. The van der Waals surface area contributed by atoms with Crippen LogP contribution in [0.1, 0.15) is 71.6 Å². The van der Waals surface area contributed by atoms with Crippen LogP contribution in [0.4, 0.5) is 0 Å². The Hall–Kier alpha value is -2.56. The number of aryl methyl sites for hydroxylation is 2. The molecule has 1 aliphatic carbocycles. The highest BCUT2D eigenvalue weighted by molar-refractivity contribution is 5.92. The third kappa shape index (κ3) is 4.41. The highest BCUT2D eigenvalue weighted by Gasteiger charge is 2.28. The van der Waals surface area contributed by atoms with E-state index >= 15 is 0 Å². The molecule has 5 heteroatoms. The molecule has 0 radical (unpaired) electrons. The van der Waals surface area contributed by atoms with Gasteiger partial charge in [-0.2, -0.15) is 0 Å². The number of aromatic nitrogens is 1. The molecule has 0 saturated heterocycles. The zero-order valence-electron chi connectivity index (χ0n) is 16.5. The summed E-state index contributed by atoms with van der Waals surface area (Å²) in [6.07, 6.45) is 3.30. The number of nitrogens with one attached hydrogen (secondary N) is 1. The van der Waals surface area contributed by atoms with Gasteiger partial charge in [0, 0.05) is 17.4 Å². The molecule has 2 aromatic rings. The van der Waals surface area contributed by atoms with Crippen molar-refractivity contribution in [2.24, 2.45) is 0 Å². The molecule has 1 atom stereocenters. The Balaban J connectivity index is 1.54. The Kier molecular flexibility index (Phi) is 5.68. The Morgan fingerprint density at radius 3 is 2.48 bits per heavy atom. The summed E-state index contributed by atoms with van der Waals surface area (Å²) in [6, 6.07) is 10.4. The number of hydrogen-bond donors (Lipinski definition) is 1. The zero-order valence-corrected chi connectivity index (χ0v) is 16.5. The molecule has 1 saturated carbocycles. The molecule has 1 amide bonds. The molecular weight excluding hydrogens is 340 g/mol. The Morgan fingerprint density at radius 1 is 1.22 bits per heavy atom. The van der Waals surface area contributed by atoms with E-state index in [2.05, 4.69) is 28.9 Å². The fourth-order valence-electron chi connectivity index (χ4n) is 3.50. The minimum absolute atomic E-state index is 0.137. The molecule has 1 fully saturated rings. The van der Waals surface area contributed by atoms with E-state index in [1.807, 2.05) is 39.0 Å². The lowest BCUT2D eigenvalue weighted by Gasteiger charge is -2.15. The van der Waals surface area contributed by atoms with Crippen molar-refractivity contribution < 1.29 is 14.3 Å². The minimum atomic E-state index is -0.440. The van der Waals surface area contributed by atoms with E-state index in [4.69, 9.17) is 4.74 Å². The molecule has 1 heterocycles. The van der Waals surface area contributed by atoms with Crippen LogP contribution < -0.4 is 5.32 Å². The summed E-state index contributed by atoms with van der Waals surface area (Å²) < 4.78 is 7.44. The molecule has 1 N–H and O–H groups in total. The molecule has 0 unspecified atom stereocenters. The number of nitrogens with zero attached hydrogens (tertiary/aromatic N) is 1. The second kappa shape index (κ2) is 7.99. The smallest absolute Gasteiger partial charge is 0.340 e. The molecule has 144 valence electrons. The standard InChI is InChI=1S/C22H28N2O3/c1-5-17-6-8-18(9-7-17)15(3)23-21(25)13-27-22(26)20-12-14(2)24(16(20)4)19-10-11-19/h6-9,12,15,19H,5,10-11,13H2,1-4H3,(H,23,25)/t15-/m1/s1. The normalized spacial score (nSPS) is 14.7. The summed E-state index contributed by atoms with van der Waals surface area (Å²) in [5.74, 6) is -0.739. The van der Waals surface area contributed by atoms with Crippen LogP contribution >= 0.6 is 0 Å². The highest BCUT2D eigenvalue weighted by atomic mass is 16.5. The van der Waals surface area contributed by atoms with Crippen LogP contribution in [0.3, 0.4) is 0 Å². The van der Waals surface area contributed by atoms with Crippen LogP contribution in [0, 0.1) is 13.8 Å². The molecule has 1 aliphatic rings. The van der Waals surface area contributed by atoms with Gasteiger partial charge in [0.05, 0.1) is 11.6 Å². The van der Waals surface area contributed by atoms with E-state index in [0.717, 1.165) is 36.2 Å². The monoisotopic (exact) mass is 368 g/mol. The summed E-state index contributed by atoms with van der Waals surface area (Å²) in [6.45, 7) is 7.69. The molecule has 0 aliphatic heterocycles. The zero-order chi connectivity index (χ0) is 19.6. The molecule has 0 bridgehead atoms. The molecule has 1 aromatic heterocycles. The lowest BCUT2D eigenvalue weighted by atomic mass is 10.1. The number of benzene rings is 1. The van der Waals surface area contributed by atoms with Crippen LogP contribution in [0.15, 0.2) is 30.3 Å². The van der Waals surface area contributed by atoms with Crippen molar-refractivity contribution in [3.63, 3.8) is 0 Å². The largest absolute Gasteiger partial charge is 0.452 e. The number of rotatable bonds is 7. The number of esters is 1. The molecule has 5 nitrogen and oxygen atoms in total. The molecular formula is C22H28N2O3. The molecule has 1 aromatic carbocycles. The van der Waals surface area contributed by atoms with Gasteiger partial charge in [0.15, 0.2) is 6.61 Å². The second-order valence-corrected chi connectivity index (χ2v) is 7.35. The van der Waals surface area contributed by atoms with Gasteiger partial charge in [0.25, 0.3) is 5.91 Å². The first-order chi connectivity index (χ1) is 12.9. The van der Waals surface area contributed by atoms with Gasteiger partial charge in [0.2, 0.25) is 0 Å². The highest BCUT2D eigenvalue weighted by Crippen LogP contribution is 2.38. The topological polar surface area (TPSA) is 60.3 Å². The fourth-order valence-corrected chi connectivity index (χ4v) is 3.50. The summed E-state index contributed by atoms with van der Waals surface area (Å²) in [7, 11) is 0. The predicted molar refractivity (Wildman–Crippen MR) is 105 cm³/mol. The van der Waals surface area contributed by atoms with E-state index < -0.39 is 5.97 Å². The van der Waals surface area contributed by atoms with Crippen molar-refractivity contribution in [1.29, 1.82) is 0 Å². The first-order valence-electron chi connectivity index (χ1n) is 9.64. The number of amides is 1. The lowest BCUT2D eigenvalue weighted by molar-refractivity contribution is -0.124. The molecule has 27 heavy (non-hydrogen) atoms. The quantitative estimate of drug-likeness (QED) is 0.751. The average Bonchev–Trinajstić information content (AvgIpc) is 3.44. The van der Waals surface area contributed by atoms with Crippen molar-refractivity contribution in [2.45, 2.75) is 59.0 Å². The van der Waals surface area contributed by atoms with Gasteiger partial charge in [-0.25, -0.2) is 4.79 Å². The predicted octanol–water partition coefficient (Wildman–Crippen LogP) is 4.04. The summed E-state index contributed by atoms with van der Waals surface area (Å²) >= 11 is 0. The average molecular weight is 368 g/mol. The summed E-state index contributed by atoms with van der Waals surface area (Å²) in [5, 5.41) is 2.88. The van der Waals surface area contributed by atoms with E-state index in [0.29, 0.717) is 11.6 Å². The third-order valence-corrected chi connectivity index (χ3v) is 5.22. The van der Waals surface area contributed by atoms with Crippen LogP contribution in [0.25, 0.3) is 0 Å². The van der Waals surface area contributed by atoms with Gasteiger partial charge >= 0.3 is 5.97 Å². The van der Waals surface area contributed by atoms with Crippen LogP contribution in [-0.2, 0) is 16.0 Å². The van der Waals surface area contributed by atoms with E-state index in [-0.39, 0.29) is 18.6 Å². The first kappa shape index (κ1) is 19.2. The van der Waals surface area contributed by atoms with E-state index in [9.17, 15) is 9.59 Å². The number of hydrogen-bond acceptors (Lipinski definition) is 3. The maximum absolute atomic E-state index is 12.4. The van der Waals surface area contributed by atoms with E-state index in [1.165, 1.54) is 5.56 Å². The van der Waals surface area contributed by atoms with Gasteiger partial charge in [-0.1, -0.05) is 31.2 Å². The van der Waals surface area contributed by atoms with Crippen molar-refractivity contribution in [3.8, 4) is 0 Å². The summed E-state index contributed by atoms with van der Waals surface area (Å²) in [5.41, 5.74) is 4.82. The van der Waals surface area contributed by atoms with Gasteiger partial charge in [-0.15, -0.1) is 0 Å². The van der Waals surface area contributed by atoms with Gasteiger partial charge < -0.3 is 14.6 Å². The van der Waals surface area contributed by atoms with Crippen molar-refractivity contribution in [1.82, 2.24) is 9.88 Å². The van der Waals surface area contributed by atoms with Crippen LogP contribution in [-0.4, -0.2) is 23.1 Å². The number of carbonyl (C=O) groups excluding carboxylic acids is 2. The number of ether oxygens (including phenoxy) is 1. The van der Waals surface area contributed by atoms with Gasteiger partial charge in [0.1, 0.15) is 0 Å². The fraction of sp³-hybridized carbons (Fsp3) is 0.455. The second-order valence-electron chi connectivity index (χ2n) is 7.35. The van der Waals surface area contributed by atoms with Gasteiger partial charge in [-0.3, -0.25) is 4.79 Å². The SMILES string of the molecule is CCc1ccc([C@@H](C)NC(=O)COC(=O)c2cc(C)n(C3CC3)c2C)cc1. The Morgan fingerprint density at radius 2 is 1.89 bits per heavy atom.